The summed E-state index contributed by atoms with van der Waals surface area (Å²) in [6.07, 6.45) is 4.99. The molecule has 0 saturated carbocycles. The van der Waals surface area contributed by atoms with E-state index in [1.807, 2.05) is 42.6 Å². The highest BCUT2D eigenvalue weighted by Gasteiger charge is 2.08. The molecule has 110 valence electrons. The number of thioether (sulfide) groups is 1. The van der Waals surface area contributed by atoms with E-state index in [9.17, 15) is 4.79 Å². The fourth-order valence-electron chi connectivity index (χ4n) is 1.81. The van der Waals surface area contributed by atoms with Gasteiger partial charge in [0.15, 0.2) is 5.69 Å². The van der Waals surface area contributed by atoms with Crippen molar-refractivity contribution in [3.63, 3.8) is 0 Å². The first-order valence-electron chi connectivity index (χ1n) is 6.65. The summed E-state index contributed by atoms with van der Waals surface area (Å²) < 4.78 is 4.65. The normalized spacial score (nSPS) is 10.4. The number of carbonyl (C=O) groups excluding carboxylic acids is 1. The van der Waals surface area contributed by atoms with E-state index in [1.54, 1.807) is 18.0 Å². The number of hydrogen-bond acceptors (Lipinski definition) is 5. The monoisotopic (exact) mass is 311 g/mol. The lowest BCUT2D eigenvalue weighted by molar-refractivity contribution is 0.101. The van der Waals surface area contributed by atoms with Gasteiger partial charge in [0.2, 0.25) is 0 Å². The molecule has 3 rings (SSSR count). The number of nitrogens with zero attached hydrogens (tertiary/aromatic N) is 2. The van der Waals surface area contributed by atoms with Crippen molar-refractivity contribution in [2.24, 2.45) is 0 Å². The van der Waals surface area contributed by atoms with Crippen LogP contribution in [0.25, 0.3) is 0 Å². The Kier molecular flexibility index (Phi) is 4.50. The molecule has 2 heterocycles. The van der Waals surface area contributed by atoms with Crippen LogP contribution >= 0.6 is 11.8 Å². The summed E-state index contributed by atoms with van der Waals surface area (Å²) in [4.78, 5) is 17.0. The molecule has 1 N–H and O–H groups in total. The number of hydrogen-bond donors (Lipinski definition) is 1. The Morgan fingerprint density at radius 3 is 2.73 bits per heavy atom. The molecule has 0 radical (unpaired) electrons. The van der Waals surface area contributed by atoms with Crippen LogP contribution in [0.1, 0.15) is 16.1 Å². The van der Waals surface area contributed by atoms with Gasteiger partial charge in [-0.15, -0.1) is 11.8 Å². The zero-order valence-electron chi connectivity index (χ0n) is 11.6. The van der Waals surface area contributed by atoms with Gasteiger partial charge in [0.25, 0.3) is 5.91 Å². The molecule has 1 amide bonds. The first kappa shape index (κ1) is 14.3. The van der Waals surface area contributed by atoms with Crippen molar-refractivity contribution in [2.45, 2.75) is 10.6 Å². The third-order valence-corrected chi connectivity index (χ3v) is 3.99. The van der Waals surface area contributed by atoms with E-state index >= 15 is 0 Å². The quantitative estimate of drug-likeness (QED) is 0.729. The average molecular weight is 311 g/mol. The van der Waals surface area contributed by atoms with Crippen LogP contribution in [-0.4, -0.2) is 16.0 Å². The largest absolute Gasteiger partial charge is 0.364 e. The van der Waals surface area contributed by atoms with E-state index in [2.05, 4.69) is 20.0 Å². The number of anilines is 1. The van der Waals surface area contributed by atoms with Crippen molar-refractivity contribution < 1.29 is 9.32 Å². The molecule has 0 spiro atoms. The molecule has 3 aromatic rings. The number of carbonyl (C=O) groups is 1. The van der Waals surface area contributed by atoms with Crippen LogP contribution in [0.15, 0.2) is 70.5 Å². The molecule has 0 aliphatic rings. The van der Waals surface area contributed by atoms with Crippen molar-refractivity contribution in [3.8, 4) is 0 Å². The van der Waals surface area contributed by atoms with Crippen LogP contribution in [0.3, 0.4) is 0 Å². The third kappa shape index (κ3) is 3.73. The first-order chi connectivity index (χ1) is 10.8. The second-order valence-corrected chi connectivity index (χ2v) is 5.56. The maximum atomic E-state index is 11.8. The van der Waals surface area contributed by atoms with Gasteiger partial charge in [-0.05, 0) is 35.9 Å². The molecule has 22 heavy (non-hydrogen) atoms. The second kappa shape index (κ2) is 6.91. The van der Waals surface area contributed by atoms with E-state index in [4.69, 9.17) is 0 Å². The van der Waals surface area contributed by atoms with Crippen LogP contribution < -0.4 is 5.32 Å². The van der Waals surface area contributed by atoms with Gasteiger partial charge in [0, 0.05) is 34.8 Å². The zero-order valence-corrected chi connectivity index (χ0v) is 12.4. The zero-order chi connectivity index (χ0) is 15.2. The maximum Gasteiger partial charge on any atom is 0.277 e. The lowest BCUT2D eigenvalue weighted by atomic mass is 10.3. The highest BCUT2D eigenvalue weighted by molar-refractivity contribution is 7.98. The van der Waals surface area contributed by atoms with E-state index in [-0.39, 0.29) is 11.6 Å². The number of rotatable bonds is 5. The number of pyridine rings is 1. The summed E-state index contributed by atoms with van der Waals surface area (Å²) in [5, 5.41) is 6.36. The molecule has 0 aliphatic heterocycles. The highest BCUT2D eigenvalue weighted by atomic mass is 32.2. The first-order valence-corrected chi connectivity index (χ1v) is 7.63. The Hall–Kier alpha value is -2.60. The van der Waals surface area contributed by atoms with Crippen LogP contribution in [0.5, 0.6) is 0 Å². The minimum absolute atomic E-state index is 0.259. The molecular weight excluding hydrogens is 298 g/mol. The molecule has 0 saturated heterocycles. The highest BCUT2D eigenvalue weighted by Crippen LogP contribution is 2.24. The molecule has 0 bridgehead atoms. The van der Waals surface area contributed by atoms with Gasteiger partial charge in [-0.3, -0.25) is 9.78 Å². The molecule has 2 aromatic heterocycles. The van der Waals surface area contributed by atoms with Gasteiger partial charge in [0.1, 0.15) is 6.26 Å². The van der Waals surface area contributed by atoms with Crippen LogP contribution in [0, 0.1) is 0 Å². The average Bonchev–Trinajstić information content (AvgIpc) is 3.10. The van der Waals surface area contributed by atoms with Crippen molar-refractivity contribution in [3.05, 3.63) is 72.4 Å². The Bertz CT molecular complexity index is 728. The number of aromatic nitrogens is 2. The molecule has 0 aliphatic carbocycles. The Morgan fingerprint density at radius 2 is 2.05 bits per heavy atom. The van der Waals surface area contributed by atoms with Crippen molar-refractivity contribution in [1.82, 2.24) is 10.1 Å². The van der Waals surface area contributed by atoms with Crippen molar-refractivity contribution in [1.29, 1.82) is 0 Å². The molecule has 1 aromatic carbocycles. The summed E-state index contributed by atoms with van der Waals surface area (Å²) >= 11 is 1.72. The van der Waals surface area contributed by atoms with Crippen LogP contribution in [0.2, 0.25) is 0 Å². The SMILES string of the molecule is O=C(Nc1ccc(SCc2cccnc2)cc1)c1ccon1. The van der Waals surface area contributed by atoms with Crippen molar-refractivity contribution in [2.75, 3.05) is 5.32 Å². The van der Waals surface area contributed by atoms with Gasteiger partial charge in [-0.2, -0.15) is 0 Å². The van der Waals surface area contributed by atoms with E-state index in [0.717, 1.165) is 16.3 Å². The summed E-state index contributed by atoms with van der Waals surface area (Å²) in [5.74, 6) is 0.572. The smallest absolute Gasteiger partial charge is 0.277 e. The number of benzene rings is 1. The maximum absolute atomic E-state index is 11.8. The summed E-state index contributed by atoms with van der Waals surface area (Å²) in [7, 11) is 0. The van der Waals surface area contributed by atoms with E-state index < -0.39 is 0 Å². The number of amides is 1. The topological polar surface area (TPSA) is 68.0 Å². The standard InChI is InChI=1S/C16H13N3O2S/c20-16(15-7-9-21-19-15)18-13-3-5-14(6-4-13)22-11-12-2-1-8-17-10-12/h1-10H,11H2,(H,18,20). The Labute approximate surface area is 131 Å². The summed E-state index contributed by atoms with van der Waals surface area (Å²) in [5.41, 5.74) is 2.16. The predicted molar refractivity (Wildman–Crippen MR) is 84.7 cm³/mol. The van der Waals surface area contributed by atoms with Gasteiger partial charge >= 0.3 is 0 Å². The minimum Gasteiger partial charge on any atom is -0.364 e. The van der Waals surface area contributed by atoms with Gasteiger partial charge in [-0.25, -0.2) is 0 Å². The third-order valence-electron chi connectivity index (χ3n) is 2.91. The Balaban J connectivity index is 1.57. The molecule has 0 fully saturated rings. The van der Waals surface area contributed by atoms with E-state index in [1.165, 1.54) is 17.9 Å². The van der Waals surface area contributed by atoms with Crippen LogP contribution in [0.4, 0.5) is 5.69 Å². The molecule has 5 nitrogen and oxygen atoms in total. The molecular formula is C16H13N3O2S. The van der Waals surface area contributed by atoms with Crippen LogP contribution in [-0.2, 0) is 5.75 Å². The summed E-state index contributed by atoms with van der Waals surface area (Å²) in [6, 6.07) is 13.2. The minimum atomic E-state index is -0.287. The second-order valence-electron chi connectivity index (χ2n) is 4.51. The fourth-order valence-corrected chi connectivity index (χ4v) is 2.64. The van der Waals surface area contributed by atoms with Crippen molar-refractivity contribution >= 4 is 23.4 Å². The fraction of sp³-hybridized carbons (Fsp3) is 0.0625. The lowest BCUT2D eigenvalue weighted by Gasteiger charge is -2.05. The van der Waals surface area contributed by atoms with Gasteiger partial charge in [-0.1, -0.05) is 11.2 Å². The molecule has 0 atom stereocenters. The predicted octanol–water partition coefficient (Wildman–Crippen LogP) is 3.61. The molecule has 0 unspecified atom stereocenters. The molecule has 6 heteroatoms. The van der Waals surface area contributed by atoms with E-state index in [0.29, 0.717) is 0 Å². The summed E-state index contributed by atoms with van der Waals surface area (Å²) in [6.45, 7) is 0. The lowest BCUT2D eigenvalue weighted by Crippen LogP contribution is -2.11. The van der Waals surface area contributed by atoms with Gasteiger partial charge in [0.05, 0.1) is 0 Å². The number of nitrogens with one attached hydrogen (secondary N) is 1. The Morgan fingerprint density at radius 1 is 1.18 bits per heavy atom. The van der Waals surface area contributed by atoms with Gasteiger partial charge < -0.3 is 9.84 Å².